The predicted octanol–water partition coefficient (Wildman–Crippen LogP) is 3.28. The van der Waals surface area contributed by atoms with Crippen molar-refractivity contribution >= 4 is 35.1 Å². The molecule has 0 radical (unpaired) electrons. The largest absolute Gasteiger partial charge is 0.452 e. The third-order valence-electron chi connectivity index (χ3n) is 4.55. The van der Waals surface area contributed by atoms with Gasteiger partial charge in [-0.2, -0.15) is 0 Å². The standard InChI is InChI=1S/C21H21ClN2O4/c1-23(13-15-7-9-17(22)10-8-15)20(26)14-28-21(27)16-4-2-5-18(12-16)24-11-3-6-19(24)25/h2,4-5,7-10,12H,3,6,11,13-14H2,1H3. The van der Waals surface area contributed by atoms with Gasteiger partial charge in [0.2, 0.25) is 5.91 Å². The van der Waals surface area contributed by atoms with Crippen LogP contribution in [-0.4, -0.2) is 42.9 Å². The van der Waals surface area contributed by atoms with Crippen LogP contribution in [0.25, 0.3) is 0 Å². The number of likely N-dealkylation sites (N-methyl/N-ethyl adjacent to an activating group) is 1. The van der Waals surface area contributed by atoms with Crippen LogP contribution in [-0.2, 0) is 20.9 Å². The summed E-state index contributed by atoms with van der Waals surface area (Å²) in [7, 11) is 1.64. The Morgan fingerprint density at radius 1 is 1.18 bits per heavy atom. The van der Waals surface area contributed by atoms with E-state index in [1.807, 2.05) is 12.1 Å². The fraction of sp³-hybridized carbons (Fsp3) is 0.286. The first kappa shape index (κ1) is 19.9. The van der Waals surface area contributed by atoms with Gasteiger partial charge in [-0.1, -0.05) is 29.8 Å². The molecule has 0 atom stereocenters. The molecule has 0 saturated carbocycles. The molecule has 146 valence electrons. The Morgan fingerprint density at radius 2 is 1.93 bits per heavy atom. The van der Waals surface area contributed by atoms with Crippen LogP contribution < -0.4 is 4.90 Å². The van der Waals surface area contributed by atoms with Crippen molar-refractivity contribution in [3.8, 4) is 0 Å². The van der Waals surface area contributed by atoms with Gasteiger partial charge in [-0.3, -0.25) is 9.59 Å². The highest BCUT2D eigenvalue weighted by molar-refractivity contribution is 6.30. The normalized spacial score (nSPS) is 13.5. The van der Waals surface area contributed by atoms with E-state index in [1.54, 1.807) is 48.3 Å². The van der Waals surface area contributed by atoms with Crippen LogP contribution in [0.4, 0.5) is 5.69 Å². The van der Waals surface area contributed by atoms with E-state index in [0.29, 0.717) is 35.8 Å². The molecule has 0 N–H and O–H groups in total. The summed E-state index contributed by atoms with van der Waals surface area (Å²) in [5, 5.41) is 0.629. The molecule has 1 aliphatic rings. The molecule has 0 aromatic heterocycles. The summed E-state index contributed by atoms with van der Waals surface area (Å²) in [6, 6.07) is 13.9. The second-order valence-corrected chi connectivity index (χ2v) is 7.09. The lowest BCUT2D eigenvalue weighted by Crippen LogP contribution is -2.30. The topological polar surface area (TPSA) is 66.9 Å². The first-order chi connectivity index (χ1) is 13.4. The number of carbonyl (C=O) groups excluding carboxylic acids is 3. The summed E-state index contributed by atoms with van der Waals surface area (Å²) in [6.45, 7) is 0.682. The van der Waals surface area contributed by atoms with Crippen LogP contribution in [0.3, 0.4) is 0 Å². The van der Waals surface area contributed by atoms with Crippen LogP contribution in [0, 0.1) is 0 Å². The molecule has 1 heterocycles. The third kappa shape index (κ3) is 4.89. The van der Waals surface area contributed by atoms with Crippen molar-refractivity contribution in [3.05, 3.63) is 64.7 Å². The van der Waals surface area contributed by atoms with E-state index < -0.39 is 5.97 Å². The van der Waals surface area contributed by atoms with E-state index in [4.69, 9.17) is 16.3 Å². The Labute approximate surface area is 168 Å². The molecule has 28 heavy (non-hydrogen) atoms. The minimum atomic E-state index is -0.596. The lowest BCUT2D eigenvalue weighted by molar-refractivity contribution is -0.133. The van der Waals surface area contributed by atoms with Gasteiger partial charge in [0.15, 0.2) is 6.61 Å². The van der Waals surface area contributed by atoms with Crippen molar-refractivity contribution < 1.29 is 19.1 Å². The number of nitrogens with zero attached hydrogens (tertiary/aromatic N) is 2. The molecule has 0 spiro atoms. The Morgan fingerprint density at radius 3 is 2.61 bits per heavy atom. The molecule has 1 fully saturated rings. The molecule has 2 aromatic carbocycles. The Bertz CT molecular complexity index is 882. The van der Waals surface area contributed by atoms with Gasteiger partial charge in [0.05, 0.1) is 5.56 Å². The van der Waals surface area contributed by atoms with E-state index in [1.165, 1.54) is 4.90 Å². The molecule has 7 heteroatoms. The molecule has 1 saturated heterocycles. The van der Waals surface area contributed by atoms with Crippen molar-refractivity contribution in [1.82, 2.24) is 4.90 Å². The van der Waals surface area contributed by atoms with Crippen molar-refractivity contribution in [3.63, 3.8) is 0 Å². The number of benzene rings is 2. The van der Waals surface area contributed by atoms with Gasteiger partial charge in [-0.15, -0.1) is 0 Å². The Balaban J connectivity index is 1.55. The van der Waals surface area contributed by atoms with Crippen LogP contribution in [0.2, 0.25) is 5.02 Å². The number of anilines is 1. The van der Waals surface area contributed by atoms with E-state index in [-0.39, 0.29) is 18.4 Å². The van der Waals surface area contributed by atoms with Gasteiger partial charge >= 0.3 is 5.97 Å². The lowest BCUT2D eigenvalue weighted by atomic mass is 10.2. The summed E-state index contributed by atoms with van der Waals surface area (Å²) in [5.74, 6) is -0.861. The summed E-state index contributed by atoms with van der Waals surface area (Å²) in [5.41, 5.74) is 1.91. The lowest BCUT2D eigenvalue weighted by Gasteiger charge is -2.18. The zero-order valence-electron chi connectivity index (χ0n) is 15.6. The number of ether oxygens (including phenoxy) is 1. The molecular weight excluding hydrogens is 380 g/mol. The Hall–Kier alpha value is -2.86. The van der Waals surface area contributed by atoms with Gasteiger partial charge in [0, 0.05) is 37.3 Å². The minimum absolute atomic E-state index is 0.0459. The summed E-state index contributed by atoms with van der Waals surface area (Å²) in [4.78, 5) is 39.5. The maximum absolute atomic E-state index is 12.3. The molecular formula is C21H21ClN2O4. The predicted molar refractivity (Wildman–Crippen MR) is 106 cm³/mol. The first-order valence-electron chi connectivity index (χ1n) is 9.00. The van der Waals surface area contributed by atoms with Crippen LogP contribution in [0.15, 0.2) is 48.5 Å². The zero-order chi connectivity index (χ0) is 20.1. The fourth-order valence-electron chi connectivity index (χ4n) is 2.99. The van der Waals surface area contributed by atoms with E-state index in [2.05, 4.69) is 0 Å². The third-order valence-corrected chi connectivity index (χ3v) is 4.80. The monoisotopic (exact) mass is 400 g/mol. The zero-order valence-corrected chi connectivity index (χ0v) is 16.3. The molecule has 2 amide bonds. The highest BCUT2D eigenvalue weighted by Gasteiger charge is 2.22. The van der Waals surface area contributed by atoms with Crippen LogP contribution >= 0.6 is 11.6 Å². The number of amides is 2. The Kier molecular flexibility index (Phi) is 6.31. The molecule has 1 aliphatic heterocycles. The van der Waals surface area contributed by atoms with Crippen LogP contribution in [0.5, 0.6) is 0 Å². The van der Waals surface area contributed by atoms with Gasteiger partial charge in [0.25, 0.3) is 5.91 Å². The summed E-state index contributed by atoms with van der Waals surface area (Å²) >= 11 is 5.85. The summed E-state index contributed by atoms with van der Waals surface area (Å²) < 4.78 is 5.16. The van der Waals surface area contributed by atoms with Gasteiger partial charge in [-0.05, 0) is 42.3 Å². The van der Waals surface area contributed by atoms with Crippen molar-refractivity contribution in [2.75, 3.05) is 25.1 Å². The van der Waals surface area contributed by atoms with E-state index >= 15 is 0 Å². The van der Waals surface area contributed by atoms with Crippen molar-refractivity contribution in [1.29, 1.82) is 0 Å². The number of hydrogen-bond acceptors (Lipinski definition) is 4. The van der Waals surface area contributed by atoms with E-state index in [9.17, 15) is 14.4 Å². The smallest absolute Gasteiger partial charge is 0.338 e. The van der Waals surface area contributed by atoms with E-state index in [0.717, 1.165) is 12.0 Å². The number of hydrogen-bond donors (Lipinski definition) is 0. The maximum Gasteiger partial charge on any atom is 0.338 e. The van der Waals surface area contributed by atoms with Gasteiger partial charge in [-0.25, -0.2) is 4.79 Å². The minimum Gasteiger partial charge on any atom is -0.452 e. The molecule has 6 nitrogen and oxygen atoms in total. The second kappa shape index (κ2) is 8.89. The summed E-state index contributed by atoms with van der Waals surface area (Å²) in [6.07, 6.45) is 1.32. The molecule has 0 aliphatic carbocycles. The highest BCUT2D eigenvalue weighted by Crippen LogP contribution is 2.22. The number of carbonyl (C=O) groups is 3. The quantitative estimate of drug-likeness (QED) is 0.698. The molecule has 3 rings (SSSR count). The number of esters is 1. The first-order valence-corrected chi connectivity index (χ1v) is 9.38. The average Bonchev–Trinajstić information content (AvgIpc) is 3.13. The van der Waals surface area contributed by atoms with Gasteiger partial charge < -0.3 is 14.5 Å². The number of rotatable bonds is 6. The fourth-order valence-corrected chi connectivity index (χ4v) is 3.12. The van der Waals surface area contributed by atoms with Crippen molar-refractivity contribution in [2.24, 2.45) is 0 Å². The molecule has 0 bridgehead atoms. The highest BCUT2D eigenvalue weighted by atomic mass is 35.5. The van der Waals surface area contributed by atoms with Crippen LogP contribution in [0.1, 0.15) is 28.8 Å². The SMILES string of the molecule is CN(Cc1ccc(Cl)cc1)C(=O)COC(=O)c1cccc(N2CCCC2=O)c1. The van der Waals surface area contributed by atoms with Crippen molar-refractivity contribution in [2.45, 2.75) is 19.4 Å². The molecule has 0 unspecified atom stereocenters. The van der Waals surface area contributed by atoms with Gasteiger partial charge in [0.1, 0.15) is 0 Å². The maximum atomic E-state index is 12.3. The molecule has 2 aromatic rings. The average molecular weight is 401 g/mol. The number of halogens is 1. The second-order valence-electron chi connectivity index (χ2n) is 6.65.